The van der Waals surface area contributed by atoms with Crippen molar-refractivity contribution in [1.29, 1.82) is 0 Å². The Bertz CT molecular complexity index is 1120. The number of oxazole rings is 1. The van der Waals surface area contributed by atoms with Gasteiger partial charge in [0.2, 0.25) is 5.89 Å². The lowest BCUT2D eigenvalue weighted by Crippen LogP contribution is -2.11. The molecule has 0 saturated heterocycles. The van der Waals surface area contributed by atoms with Crippen molar-refractivity contribution in [2.45, 2.75) is 0 Å². The summed E-state index contributed by atoms with van der Waals surface area (Å²) >= 11 is 5.91. The van der Waals surface area contributed by atoms with Crippen LogP contribution in [0.3, 0.4) is 0 Å². The van der Waals surface area contributed by atoms with Crippen molar-refractivity contribution in [1.82, 2.24) is 4.98 Å². The number of aromatic nitrogens is 1. The zero-order valence-corrected chi connectivity index (χ0v) is 14.1. The van der Waals surface area contributed by atoms with Crippen LogP contribution in [0.15, 0.2) is 71.1 Å². The number of amides is 1. The van der Waals surface area contributed by atoms with Crippen LogP contribution in [0.25, 0.3) is 22.6 Å². The third-order valence-corrected chi connectivity index (χ3v) is 4.04. The van der Waals surface area contributed by atoms with Crippen LogP contribution in [-0.2, 0) is 0 Å². The molecule has 4 aromatic rings. The second-order valence-electron chi connectivity index (χ2n) is 5.68. The predicted molar refractivity (Wildman–Crippen MR) is 98.8 cm³/mol. The average Bonchev–Trinajstić information content (AvgIpc) is 3.05. The first kappa shape index (κ1) is 16.3. The first-order valence-corrected chi connectivity index (χ1v) is 8.20. The molecule has 4 nitrogen and oxygen atoms in total. The second kappa shape index (κ2) is 6.61. The fourth-order valence-electron chi connectivity index (χ4n) is 2.58. The number of rotatable bonds is 3. The SMILES string of the molecule is O=C(Nc1ccc2oc(-c3cccc(F)c3)nc2c1)c1cccc(Cl)c1. The Morgan fingerprint density at radius 1 is 1.04 bits per heavy atom. The standard InChI is InChI=1S/C20H12ClFN2O2/c21-14-5-1-3-12(9-14)19(25)23-16-7-8-18-17(11-16)24-20(26-18)13-4-2-6-15(22)10-13/h1-11H,(H,23,25). The first-order chi connectivity index (χ1) is 12.6. The maximum absolute atomic E-state index is 13.4. The van der Waals surface area contributed by atoms with Crippen LogP contribution < -0.4 is 5.32 Å². The van der Waals surface area contributed by atoms with Crippen molar-refractivity contribution in [3.05, 3.63) is 83.1 Å². The highest BCUT2D eigenvalue weighted by atomic mass is 35.5. The van der Waals surface area contributed by atoms with Gasteiger partial charge in [0.25, 0.3) is 5.91 Å². The van der Waals surface area contributed by atoms with E-state index in [2.05, 4.69) is 10.3 Å². The monoisotopic (exact) mass is 366 g/mol. The Kier molecular flexibility index (Phi) is 4.14. The topological polar surface area (TPSA) is 55.1 Å². The largest absolute Gasteiger partial charge is 0.436 e. The van der Waals surface area contributed by atoms with Gasteiger partial charge < -0.3 is 9.73 Å². The van der Waals surface area contributed by atoms with Gasteiger partial charge in [-0.05, 0) is 54.6 Å². The van der Waals surface area contributed by atoms with E-state index < -0.39 is 0 Å². The molecule has 0 atom stereocenters. The summed E-state index contributed by atoms with van der Waals surface area (Å²) in [5.41, 5.74) is 2.68. The summed E-state index contributed by atoms with van der Waals surface area (Å²) in [6, 6.07) is 17.8. The van der Waals surface area contributed by atoms with E-state index in [9.17, 15) is 9.18 Å². The third-order valence-electron chi connectivity index (χ3n) is 3.80. The number of hydrogen-bond donors (Lipinski definition) is 1. The number of anilines is 1. The average molecular weight is 367 g/mol. The van der Waals surface area contributed by atoms with E-state index in [0.29, 0.717) is 38.8 Å². The van der Waals surface area contributed by atoms with Crippen LogP contribution in [-0.4, -0.2) is 10.9 Å². The smallest absolute Gasteiger partial charge is 0.255 e. The molecule has 3 aromatic carbocycles. The second-order valence-corrected chi connectivity index (χ2v) is 6.11. The summed E-state index contributed by atoms with van der Waals surface area (Å²) in [4.78, 5) is 16.7. The normalized spacial score (nSPS) is 10.8. The number of halogens is 2. The van der Waals surface area contributed by atoms with Crippen LogP contribution in [0, 0.1) is 5.82 Å². The number of nitrogens with one attached hydrogen (secondary N) is 1. The number of hydrogen-bond acceptors (Lipinski definition) is 3. The summed E-state index contributed by atoms with van der Waals surface area (Å²) in [6.45, 7) is 0. The van der Waals surface area contributed by atoms with Crippen molar-refractivity contribution < 1.29 is 13.6 Å². The Morgan fingerprint density at radius 2 is 1.88 bits per heavy atom. The Balaban J connectivity index is 1.62. The maximum atomic E-state index is 13.4. The van der Waals surface area contributed by atoms with Crippen LogP contribution in [0.4, 0.5) is 10.1 Å². The molecule has 26 heavy (non-hydrogen) atoms. The molecule has 0 aliphatic rings. The van der Waals surface area contributed by atoms with Gasteiger partial charge >= 0.3 is 0 Å². The van der Waals surface area contributed by atoms with E-state index in [1.807, 2.05) is 0 Å². The molecule has 0 radical (unpaired) electrons. The Morgan fingerprint density at radius 3 is 2.69 bits per heavy atom. The maximum Gasteiger partial charge on any atom is 0.255 e. The van der Waals surface area contributed by atoms with E-state index in [-0.39, 0.29) is 11.7 Å². The van der Waals surface area contributed by atoms with Gasteiger partial charge in [-0.25, -0.2) is 9.37 Å². The minimum atomic E-state index is -0.362. The summed E-state index contributed by atoms with van der Waals surface area (Å²) in [5.74, 6) is -0.322. The summed E-state index contributed by atoms with van der Waals surface area (Å²) in [6.07, 6.45) is 0. The van der Waals surface area contributed by atoms with Gasteiger partial charge in [0.1, 0.15) is 11.3 Å². The molecule has 1 N–H and O–H groups in total. The molecule has 1 amide bonds. The van der Waals surface area contributed by atoms with Crippen molar-refractivity contribution in [2.75, 3.05) is 5.32 Å². The van der Waals surface area contributed by atoms with Crippen molar-refractivity contribution >= 4 is 34.3 Å². The van der Waals surface area contributed by atoms with E-state index >= 15 is 0 Å². The number of nitrogens with zero attached hydrogens (tertiary/aromatic N) is 1. The number of benzene rings is 3. The van der Waals surface area contributed by atoms with E-state index in [4.69, 9.17) is 16.0 Å². The van der Waals surface area contributed by atoms with Gasteiger partial charge in [-0.3, -0.25) is 4.79 Å². The van der Waals surface area contributed by atoms with Crippen molar-refractivity contribution in [3.63, 3.8) is 0 Å². The number of fused-ring (bicyclic) bond motifs is 1. The molecule has 0 unspecified atom stereocenters. The summed E-state index contributed by atoms with van der Waals surface area (Å²) in [7, 11) is 0. The highest BCUT2D eigenvalue weighted by molar-refractivity contribution is 6.31. The van der Waals surface area contributed by atoms with E-state index in [0.717, 1.165) is 0 Å². The summed E-state index contributed by atoms with van der Waals surface area (Å²) in [5, 5.41) is 3.29. The molecule has 128 valence electrons. The zero-order chi connectivity index (χ0) is 18.1. The minimum Gasteiger partial charge on any atom is -0.436 e. The molecule has 0 bridgehead atoms. The Hall–Kier alpha value is -3.18. The zero-order valence-electron chi connectivity index (χ0n) is 13.4. The molecule has 4 rings (SSSR count). The molecule has 0 spiro atoms. The van der Waals surface area contributed by atoms with Crippen LogP contribution in [0.2, 0.25) is 5.02 Å². The Labute approximate surface area is 153 Å². The van der Waals surface area contributed by atoms with Gasteiger partial charge in [-0.2, -0.15) is 0 Å². The molecular formula is C20H12ClFN2O2. The van der Waals surface area contributed by atoms with Gasteiger partial charge in [-0.1, -0.05) is 23.7 Å². The molecule has 1 heterocycles. The molecular weight excluding hydrogens is 355 g/mol. The molecule has 0 saturated carbocycles. The third kappa shape index (κ3) is 3.30. The lowest BCUT2D eigenvalue weighted by atomic mass is 10.2. The highest BCUT2D eigenvalue weighted by Gasteiger charge is 2.11. The quantitative estimate of drug-likeness (QED) is 0.518. The molecule has 6 heteroatoms. The van der Waals surface area contributed by atoms with Crippen molar-refractivity contribution in [3.8, 4) is 11.5 Å². The van der Waals surface area contributed by atoms with E-state index in [1.54, 1.807) is 54.6 Å². The lowest BCUT2D eigenvalue weighted by Gasteiger charge is -2.05. The highest BCUT2D eigenvalue weighted by Crippen LogP contribution is 2.27. The fraction of sp³-hybridized carbons (Fsp3) is 0. The van der Waals surface area contributed by atoms with Crippen LogP contribution in [0.1, 0.15) is 10.4 Å². The van der Waals surface area contributed by atoms with Crippen LogP contribution in [0.5, 0.6) is 0 Å². The van der Waals surface area contributed by atoms with Gasteiger partial charge in [0, 0.05) is 21.8 Å². The first-order valence-electron chi connectivity index (χ1n) is 7.82. The molecule has 0 aliphatic carbocycles. The van der Waals surface area contributed by atoms with Crippen LogP contribution >= 0.6 is 11.6 Å². The minimum absolute atomic E-state index is 0.277. The lowest BCUT2D eigenvalue weighted by molar-refractivity contribution is 0.102. The summed E-state index contributed by atoms with van der Waals surface area (Å²) < 4.78 is 19.0. The van der Waals surface area contributed by atoms with Crippen molar-refractivity contribution in [2.24, 2.45) is 0 Å². The van der Waals surface area contributed by atoms with Gasteiger partial charge in [0.15, 0.2) is 5.58 Å². The predicted octanol–water partition coefficient (Wildman–Crippen LogP) is 5.54. The molecule has 0 fully saturated rings. The van der Waals surface area contributed by atoms with Gasteiger partial charge in [0.05, 0.1) is 0 Å². The van der Waals surface area contributed by atoms with Gasteiger partial charge in [-0.15, -0.1) is 0 Å². The van der Waals surface area contributed by atoms with E-state index in [1.165, 1.54) is 12.1 Å². The molecule has 0 aliphatic heterocycles. The fourth-order valence-corrected chi connectivity index (χ4v) is 2.77. The number of carbonyl (C=O) groups excluding carboxylic acids is 1. The molecule has 1 aromatic heterocycles. The number of carbonyl (C=O) groups is 1.